The van der Waals surface area contributed by atoms with Crippen molar-refractivity contribution in [1.29, 1.82) is 0 Å². The number of nitrogens with two attached hydrogens (primary N) is 1. The normalized spacial score (nSPS) is 19.5. The average Bonchev–Trinajstić information content (AvgIpc) is 3.16. The van der Waals surface area contributed by atoms with E-state index in [2.05, 4.69) is 29.6 Å². The summed E-state index contributed by atoms with van der Waals surface area (Å²) in [6, 6.07) is 14.3. The Bertz CT molecular complexity index is 834. The Hall–Kier alpha value is -2.31. The maximum Gasteiger partial charge on any atom is 0.312 e. The molecule has 1 amide bonds. The highest BCUT2D eigenvalue weighted by Crippen LogP contribution is 2.30. The van der Waals surface area contributed by atoms with E-state index in [1.165, 1.54) is 13.0 Å². The van der Waals surface area contributed by atoms with Crippen LogP contribution in [0.5, 0.6) is 0 Å². The molecule has 2 aromatic rings. The number of carbonyl (C=O) groups is 1. The van der Waals surface area contributed by atoms with Gasteiger partial charge in [-0.1, -0.05) is 24.3 Å². The van der Waals surface area contributed by atoms with Gasteiger partial charge in [0.05, 0.1) is 0 Å². The number of likely N-dealkylation sites (tertiary alicyclic amines) is 1. The number of rotatable bonds is 4. The third-order valence-corrected chi connectivity index (χ3v) is 5.75. The molecule has 1 unspecified atom stereocenters. The van der Waals surface area contributed by atoms with Crippen LogP contribution in [-0.2, 0) is 13.0 Å². The summed E-state index contributed by atoms with van der Waals surface area (Å²) in [6.07, 6.45) is 2.67. The highest BCUT2D eigenvalue weighted by molar-refractivity contribution is 6.29. The van der Waals surface area contributed by atoms with Gasteiger partial charge in [-0.25, -0.2) is 0 Å². The van der Waals surface area contributed by atoms with E-state index in [0.717, 1.165) is 48.3 Å². The molecule has 6 heteroatoms. The fourth-order valence-electron chi connectivity index (χ4n) is 4.19. The molecule has 0 saturated carbocycles. The first kappa shape index (κ1) is 18.1. The topological polar surface area (TPSA) is 78.6 Å². The second kappa shape index (κ2) is 7.75. The van der Waals surface area contributed by atoms with Gasteiger partial charge in [0.2, 0.25) is 0 Å². The van der Waals surface area contributed by atoms with Crippen molar-refractivity contribution >= 4 is 19.1 Å². The second-order valence-electron chi connectivity index (χ2n) is 7.49. The molecule has 0 bridgehead atoms. The molecule has 2 aromatic carbocycles. The van der Waals surface area contributed by atoms with Crippen LogP contribution in [0.4, 0.5) is 5.69 Å². The second-order valence-corrected chi connectivity index (χ2v) is 7.49. The molecule has 139 valence electrons. The predicted octanol–water partition coefficient (Wildman–Crippen LogP) is 2.07. The summed E-state index contributed by atoms with van der Waals surface area (Å²) in [7, 11) is 1.17. The molecule has 1 radical (unpaired) electrons. The number of hydrogen-bond donors (Lipinski definition) is 3. The zero-order chi connectivity index (χ0) is 18.8. The Balaban J connectivity index is 1.40. The minimum absolute atomic E-state index is 0.0645. The van der Waals surface area contributed by atoms with E-state index in [9.17, 15) is 9.82 Å². The number of nitrogens with one attached hydrogen (secondary N) is 1. The number of amides is 1. The summed E-state index contributed by atoms with van der Waals surface area (Å²) < 4.78 is 0. The fourth-order valence-corrected chi connectivity index (χ4v) is 4.19. The number of benzene rings is 2. The summed E-state index contributed by atoms with van der Waals surface area (Å²) in [5.74, 6) is 0.527. The van der Waals surface area contributed by atoms with Crippen LogP contribution in [0.1, 0.15) is 45.8 Å². The molecule has 2 heterocycles. The summed E-state index contributed by atoms with van der Waals surface area (Å²) in [5.41, 5.74) is 11.1. The van der Waals surface area contributed by atoms with Gasteiger partial charge in [-0.05, 0) is 60.1 Å². The van der Waals surface area contributed by atoms with Gasteiger partial charge in [-0.3, -0.25) is 4.79 Å². The van der Waals surface area contributed by atoms with Gasteiger partial charge in [0.1, 0.15) is 0 Å². The van der Waals surface area contributed by atoms with Crippen molar-refractivity contribution < 1.29 is 9.82 Å². The molecule has 0 aliphatic carbocycles. The van der Waals surface area contributed by atoms with E-state index >= 15 is 0 Å². The molecule has 2 aliphatic heterocycles. The minimum atomic E-state index is -0.0645. The molecule has 4 N–H and O–H groups in total. The Kier molecular flexibility index (Phi) is 5.19. The molecule has 0 aromatic heterocycles. The zero-order valence-electron chi connectivity index (χ0n) is 15.4. The van der Waals surface area contributed by atoms with Gasteiger partial charge in [0.25, 0.3) is 5.91 Å². The zero-order valence-corrected chi connectivity index (χ0v) is 15.4. The fraction of sp³-hybridized carbons (Fsp3) is 0.381. The summed E-state index contributed by atoms with van der Waals surface area (Å²) in [6.45, 7) is 2.12. The number of nitrogens with zero attached hydrogens (tertiary/aromatic N) is 1. The van der Waals surface area contributed by atoms with Gasteiger partial charge in [0, 0.05) is 36.8 Å². The van der Waals surface area contributed by atoms with Crippen molar-refractivity contribution in [2.45, 2.75) is 37.7 Å². The molecular weight excluding hydrogens is 337 g/mol. The molecule has 2 aliphatic rings. The van der Waals surface area contributed by atoms with Gasteiger partial charge in [0.15, 0.2) is 0 Å². The Morgan fingerprint density at radius 3 is 2.78 bits per heavy atom. The Morgan fingerprint density at radius 1 is 1.22 bits per heavy atom. The highest BCUT2D eigenvalue weighted by Gasteiger charge is 2.27. The van der Waals surface area contributed by atoms with Crippen LogP contribution >= 0.6 is 0 Å². The van der Waals surface area contributed by atoms with Crippen LogP contribution in [-0.4, -0.2) is 42.3 Å². The SMILES string of the molecule is NCc1cccc(C2CCN(C(=O)c3ccc4c(c3)CC([B]O)N4)CC2)c1. The van der Waals surface area contributed by atoms with E-state index in [0.29, 0.717) is 18.9 Å². The van der Waals surface area contributed by atoms with Crippen molar-refractivity contribution in [3.63, 3.8) is 0 Å². The van der Waals surface area contributed by atoms with Crippen LogP contribution in [0.25, 0.3) is 0 Å². The largest absolute Gasteiger partial charge is 0.452 e. The van der Waals surface area contributed by atoms with E-state index in [1.807, 2.05) is 23.1 Å². The molecule has 1 atom stereocenters. The summed E-state index contributed by atoms with van der Waals surface area (Å²) in [5, 5.41) is 12.4. The highest BCUT2D eigenvalue weighted by atomic mass is 16.2. The molecular formula is C21H25BN3O2. The maximum atomic E-state index is 12.9. The number of fused-ring (bicyclic) bond motifs is 1. The van der Waals surface area contributed by atoms with Crippen molar-refractivity contribution in [2.75, 3.05) is 18.4 Å². The average molecular weight is 362 g/mol. The quantitative estimate of drug-likeness (QED) is 0.728. The van der Waals surface area contributed by atoms with Crippen LogP contribution in [0.2, 0.25) is 0 Å². The van der Waals surface area contributed by atoms with Crippen molar-refractivity contribution in [1.82, 2.24) is 4.90 Å². The van der Waals surface area contributed by atoms with Gasteiger partial charge in [-0.2, -0.15) is 0 Å². The van der Waals surface area contributed by atoms with Crippen LogP contribution < -0.4 is 11.1 Å². The lowest BCUT2D eigenvalue weighted by Gasteiger charge is -2.32. The monoisotopic (exact) mass is 362 g/mol. The molecule has 5 nitrogen and oxygen atoms in total. The molecule has 4 rings (SSSR count). The molecule has 1 fully saturated rings. The van der Waals surface area contributed by atoms with Gasteiger partial charge >= 0.3 is 7.48 Å². The van der Waals surface area contributed by atoms with Crippen molar-refractivity contribution in [3.8, 4) is 0 Å². The third kappa shape index (κ3) is 3.73. The van der Waals surface area contributed by atoms with E-state index in [4.69, 9.17) is 5.73 Å². The number of carbonyl (C=O) groups excluding carboxylic acids is 1. The lowest BCUT2D eigenvalue weighted by molar-refractivity contribution is 0.0713. The van der Waals surface area contributed by atoms with E-state index < -0.39 is 0 Å². The Morgan fingerprint density at radius 2 is 2.04 bits per heavy atom. The van der Waals surface area contributed by atoms with Crippen LogP contribution in [0.15, 0.2) is 42.5 Å². The summed E-state index contributed by atoms with van der Waals surface area (Å²) in [4.78, 5) is 14.9. The number of hydrogen-bond acceptors (Lipinski definition) is 4. The van der Waals surface area contributed by atoms with Crippen LogP contribution in [0.3, 0.4) is 0 Å². The van der Waals surface area contributed by atoms with Crippen molar-refractivity contribution in [3.05, 3.63) is 64.7 Å². The first-order chi connectivity index (χ1) is 13.2. The minimum Gasteiger partial charge on any atom is -0.452 e. The first-order valence-electron chi connectivity index (χ1n) is 9.63. The smallest absolute Gasteiger partial charge is 0.312 e. The first-order valence-corrected chi connectivity index (χ1v) is 9.63. The number of anilines is 1. The molecule has 1 saturated heterocycles. The third-order valence-electron chi connectivity index (χ3n) is 5.75. The molecule has 27 heavy (non-hydrogen) atoms. The van der Waals surface area contributed by atoms with Gasteiger partial charge in [-0.15, -0.1) is 0 Å². The lowest BCUT2D eigenvalue weighted by Crippen LogP contribution is -2.38. The van der Waals surface area contributed by atoms with Crippen molar-refractivity contribution in [2.24, 2.45) is 5.73 Å². The van der Waals surface area contributed by atoms with Gasteiger partial charge < -0.3 is 21.0 Å². The van der Waals surface area contributed by atoms with E-state index in [1.54, 1.807) is 0 Å². The standard InChI is InChI=1S/C21H25BN3O2/c23-13-14-2-1-3-16(10-14)15-6-8-25(9-7-15)21(26)17-4-5-19-18(11-17)12-20(22-27)24-19/h1-5,10-11,15,20,24,27H,6-9,12-13,23H2. The van der Waals surface area contributed by atoms with Crippen LogP contribution in [0, 0.1) is 0 Å². The van der Waals surface area contributed by atoms with E-state index in [-0.39, 0.29) is 11.8 Å². The predicted molar refractivity (Wildman–Crippen MR) is 108 cm³/mol. The molecule has 0 spiro atoms. The summed E-state index contributed by atoms with van der Waals surface area (Å²) >= 11 is 0. The Labute approximate surface area is 160 Å². The maximum absolute atomic E-state index is 12.9. The lowest BCUT2D eigenvalue weighted by atomic mass is 9.86. The number of piperidine rings is 1.